The third-order valence-corrected chi connectivity index (χ3v) is 6.52. The number of amidine groups is 1. The van der Waals surface area contributed by atoms with Crippen molar-refractivity contribution in [1.82, 2.24) is 9.88 Å². The van der Waals surface area contributed by atoms with E-state index in [-0.39, 0.29) is 29.9 Å². The predicted octanol–water partition coefficient (Wildman–Crippen LogP) is 3.36. The lowest BCUT2D eigenvalue weighted by Gasteiger charge is -2.23. The van der Waals surface area contributed by atoms with Gasteiger partial charge in [-0.2, -0.15) is 0 Å². The van der Waals surface area contributed by atoms with Gasteiger partial charge in [0.15, 0.2) is 6.73 Å². The number of carbonyl (C=O) groups excluding carboxylic acids is 1. The molecule has 0 bridgehead atoms. The molecule has 0 radical (unpaired) electrons. The van der Waals surface area contributed by atoms with Gasteiger partial charge >= 0.3 is 0 Å². The van der Waals surface area contributed by atoms with Gasteiger partial charge in [0, 0.05) is 29.1 Å². The van der Waals surface area contributed by atoms with Gasteiger partial charge < -0.3 is 15.4 Å². The van der Waals surface area contributed by atoms with E-state index >= 15 is 0 Å². The summed E-state index contributed by atoms with van der Waals surface area (Å²) in [6.45, 7) is 0.181. The van der Waals surface area contributed by atoms with E-state index in [4.69, 9.17) is 21.0 Å². The van der Waals surface area contributed by atoms with Crippen molar-refractivity contribution >= 4 is 21.8 Å². The quantitative estimate of drug-likeness (QED) is 0.177. The summed E-state index contributed by atoms with van der Waals surface area (Å²) in [4.78, 5) is 19.1. The second-order valence-electron chi connectivity index (χ2n) is 8.20. The van der Waals surface area contributed by atoms with E-state index in [1.807, 2.05) is 6.07 Å². The van der Waals surface area contributed by atoms with E-state index < -0.39 is 10.0 Å². The van der Waals surface area contributed by atoms with Gasteiger partial charge in [0.2, 0.25) is 10.0 Å². The maximum atomic E-state index is 13.5. The molecule has 10 heteroatoms. The van der Waals surface area contributed by atoms with Crippen LogP contribution in [0.25, 0.3) is 11.1 Å². The molecule has 4 rings (SSSR count). The molecule has 0 fully saturated rings. The van der Waals surface area contributed by atoms with Crippen LogP contribution in [0.3, 0.4) is 0 Å². The van der Waals surface area contributed by atoms with Gasteiger partial charge in [0.1, 0.15) is 11.6 Å². The number of carbonyl (C=O) groups is 1. The number of aromatic nitrogens is 1. The number of nitrogens with one attached hydrogen (secondary N) is 1. The third kappa shape index (κ3) is 6.37. The van der Waals surface area contributed by atoms with Crippen molar-refractivity contribution in [2.45, 2.75) is 11.4 Å². The third-order valence-electron chi connectivity index (χ3n) is 5.55. The first kappa shape index (κ1) is 25.5. The number of hydrogen-bond acceptors (Lipinski definition) is 6. The summed E-state index contributed by atoms with van der Waals surface area (Å²) in [7, 11) is -3.92. The Balaban J connectivity index is 1.59. The molecule has 0 atom stereocenters. The van der Waals surface area contributed by atoms with Crippen LogP contribution in [0.15, 0.2) is 102 Å². The first-order valence-corrected chi connectivity index (χ1v) is 12.7. The molecule has 3 aromatic carbocycles. The fraction of sp³-hybridized carbons (Fsp3) is 0.0741. The highest BCUT2D eigenvalue weighted by Crippen LogP contribution is 2.27. The summed E-state index contributed by atoms with van der Waals surface area (Å²) < 4.78 is 29.9. The van der Waals surface area contributed by atoms with Crippen molar-refractivity contribution in [2.75, 3.05) is 6.73 Å². The zero-order valence-corrected chi connectivity index (χ0v) is 20.6. The molecule has 0 aliphatic carbocycles. The molecule has 1 amide bonds. The number of rotatable bonds is 9. The molecule has 1 heterocycles. The summed E-state index contributed by atoms with van der Waals surface area (Å²) in [5.41, 5.74) is 8.34. The summed E-state index contributed by atoms with van der Waals surface area (Å²) in [5.74, 6) is 0.0855. The van der Waals surface area contributed by atoms with E-state index in [9.17, 15) is 13.2 Å². The Morgan fingerprint density at radius 1 is 0.946 bits per heavy atom. The van der Waals surface area contributed by atoms with Crippen LogP contribution >= 0.6 is 0 Å². The Bertz CT molecular complexity index is 1520. The Labute approximate surface area is 214 Å². The first-order valence-electron chi connectivity index (χ1n) is 11.2. The van der Waals surface area contributed by atoms with Crippen molar-refractivity contribution in [1.29, 1.82) is 5.41 Å². The number of hydrogen-bond donors (Lipinski definition) is 3. The van der Waals surface area contributed by atoms with Gasteiger partial charge in [0.05, 0.1) is 11.4 Å². The second-order valence-corrected chi connectivity index (χ2v) is 9.73. The van der Waals surface area contributed by atoms with Crippen LogP contribution in [0, 0.1) is 5.41 Å². The van der Waals surface area contributed by atoms with E-state index in [1.54, 1.807) is 85.2 Å². The Hall–Kier alpha value is -4.54. The van der Waals surface area contributed by atoms with E-state index in [2.05, 4.69) is 4.98 Å². The van der Waals surface area contributed by atoms with Crippen molar-refractivity contribution < 1.29 is 17.9 Å². The van der Waals surface area contributed by atoms with E-state index in [0.717, 1.165) is 5.56 Å². The molecule has 0 saturated heterocycles. The lowest BCUT2D eigenvalue weighted by atomic mass is 10.0. The highest BCUT2D eigenvalue weighted by atomic mass is 32.2. The van der Waals surface area contributed by atoms with Crippen LogP contribution < -0.4 is 15.6 Å². The van der Waals surface area contributed by atoms with Crippen molar-refractivity contribution in [3.63, 3.8) is 0 Å². The minimum Gasteiger partial charge on any atom is -0.473 e. The van der Waals surface area contributed by atoms with E-state index in [0.29, 0.717) is 28.0 Å². The lowest BCUT2D eigenvalue weighted by Crippen LogP contribution is -2.34. The van der Waals surface area contributed by atoms with Crippen LogP contribution in [0.4, 0.5) is 0 Å². The number of pyridine rings is 1. The fourth-order valence-electron chi connectivity index (χ4n) is 3.72. The van der Waals surface area contributed by atoms with Crippen LogP contribution in [0.2, 0.25) is 0 Å². The number of nitrogens with two attached hydrogens (primary N) is 2. The molecular weight excluding hydrogens is 490 g/mol. The number of ether oxygens (including phenoxy) is 1. The molecule has 37 heavy (non-hydrogen) atoms. The van der Waals surface area contributed by atoms with Gasteiger partial charge in [-0.3, -0.25) is 15.2 Å². The topological polar surface area (TPSA) is 152 Å². The minimum absolute atomic E-state index is 0.00784. The van der Waals surface area contributed by atoms with Crippen LogP contribution in [-0.4, -0.2) is 36.8 Å². The molecule has 0 aliphatic heterocycles. The molecule has 5 N–H and O–H groups in total. The average Bonchev–Trinajstić information content (AvgIpc) is 2.91. The molecular formula is C27H25N5O4S. The number of nitrogen functional groups attached to an aromatic ring is 1. The number of sulfonamides is 1. The van der Waals surface area contributed by atoms with Crippen LogP contribution in [-0.2, 0) is 16.6 Å². The van der Waals surface area contributed by atoms with Crippen LogP contribution in [0.1, 0.15) is 21.5 Å². The highest BCUT2D eigenvalue weighted by Gasteiger charge is 2.19. The van der Waals surface area contributed by atoms with Crippen molar-refractivity contribution in [3.8, 4) is 16.9 Å². The summed E-state index contributed by atoms with van der Waals surface area (Å²) in [5, 5.41) is 13.0. The molecule has 4 aromatic rings. The molecule has 9 nitrogen and oxygen atoms in total. The number of nitrogens with zero attached hydrogens (tertiary/aromatic N) is 2. The normalized spacial score (nSPS) is 11.1. The SMILES string of the molecule is N=C(N)c1cccc(OCN(Cc2cccnc2)C(=O)c2ccc(-c3ccccc3S(N)(=O)=O)cc2)c1. The standard InChI is InChI=1S/C27H25N5O4S/c28-26(29)22-6-3-7-23(15-22)36-18-32(17-19-5-4-14-31-16-19)27(33)21-12-10-20(11-13-21)24-8-1-2-9-25(24)37(30,34)35/h1-16H,17-18H2,(H3,28,29)(H2,30,34,35). The predicted molar refractivity (Wildman–Crippen MR) is 140 cm³/mol. The largest absolute Gasteiger partial charge is 0.473 e. The Kier molecular flexibility index (Phi) is 7.61. The smallest absolute Gasteiger partial charge is 0.256 e. The highest BCUT2D eigenvalue weighted by molar-refractivity contribution is 7.89. The first-order chi connectivity index (χ1) is 17.7. The molecule has 0 saturated carbocycles. The minimum atomic E-state index is -3.92. The van der Waals surface area contributed by atoms with Gasteiger partial charge in [-0.1, -0.05) is 48.5 Å². The Morgan fingerprint density at radius 2 is 1.70 bits per heavy atom. The maximum Gasteiger partial charge on any atom is 0.256 e. The van der Waals surface area contributed by atoms with Crippen molar-refractivity contribution in [2.24, 2.45) is 10.9 Å². The number of amides is 1. The number of benzene rings is 3. The van der Waals surface area contributed by atoms with Gasteiger partial charge in [-0.05, 0) is 47.5 Å². The average molecular weight is 516 g/mol. The molecule has 1 aromatic heterocycles. The zero-order valence-electron chi connectivity index (χ0n) is 19.7. The zero-order chi connectivity index (χ0) is 26.4. The molecule has 0 unspecified atom stereocenters. The second kappa shape index (κ2) is 11.0. The molecule has 188 valence electrons. The lowest BCUT2D eigenvalue weighted by molar-refractivity contribution is 0.0576. The van der Waals surface area contributed by atoms with Crippen molar-refractivity contribution in [3.05, 3.63) is 114 Å². The van der Waals surface area contributed by atoms with Crippen LogP contribution in [0.5, 0.6) is 5.75 Å². The summed E-state index contributed by atoms with van der Waals surface area (Å²) in [6, 6.07) is 23.4. The van der Waals surface area contributed by atoms with Gasteiger partial charge in [0.25, 0.3) is 5.91 Å². The summed E-state index contributed by atoms with van der Waals surface area (Å²) in [6.07, 6.45) is 3.32. The Morgan fingerprint density at radius 3 is 2.38 bits per heavy atom. The fourth-order valence-corrected chi connectivity index (χ4v) is 4.48. The number of primary sulfonamides is 1. The molecule has 0 spiro atoms. The summed E-state index contributed by atoms with van der Waals surface area (Å²) >= 11 is 0. The van der Waals surface area contributed by atoms with Gasteiger partial charge in [-0.25, -0.2) is 13.6 Å². The monoisotopic (exact) mass is 515 g/mol. The molecule has 0 aliphatic rings. The van der Waals surface area contributed by atoms with Gasteiger partial charge in [-0.15, -0.1) is 0 Å². The van der Waals surface area contributed by atoms with E-state index in [1.165, 1.54) is 11.0 Å². The maximum absolute atomic E-state index is 13.5.